The predicted octanol–water partition coefficient (Wildman–Crippen LogP) is 5.70. The lowest BCUT2D eigenvalue weighted by molar-refractivity contribution is -0.118. The molecule has 0 bridgehead atoms. The van der Waals surface area contributed by atoms with E-state index in [9.17, 15) is 9.59 Å². The summed E-state index contributed by atoms with van der Waals surface area (Å²) < 4.78 is 10.4. The molecule has 0 heterocycles. The largest absolute Gasteiger partial charge is 0.513 e. The van der Waals surface area contributed by atoms with Crippen LogP contribution in [0.3, 0.4) is 0 Å². The Kier molecular flexibility index (Phi) is 4.92. The molecular formula is C23H24O4. The Hall–Kier alpha value is -2.88. The van der Waals surface area contributed by atoms with Gasteiger partial charge >= 0.3 is 6.16 Å². The van der Waals surface area contributed by atoms with Crippen LogP contribution in [0.5, 0.6) is 5.75 Å². The van der Waals surface area contributed by atoms with Gasteiger partial charge in [0.25, 0.3) is 0 Å². The lowest BCUT2D eigenvalue weighted by atomic mass is 9.76. The van der Waals surface area contributed by atoms with Crippen molar-refractivity contribution >= 4 is 33.5 Å². The second-order valence-electron chi connectivity index (χ2n) is 7.64. The van der Waals surface area contributed by atoms with Crippen LogP contribution >= 0.6 is 0 Å². The minimum absolute atomic E-state index is 0.0852. The summed E-state index contributed by atoms with van der Waals surface area (Å²) in [4.78, 5) is 23.8. The van der Waals surface area contributed by atoms with E-state index in [2.05, 4.69) is 18.2 Å². The summed E-state index contributed by atoms with van der Waals surface area (Å²) in [6.07, 6.45) is -0.417. The normalized spacial score (nSPS) is 11.6. The van der Waals surface area contributed by atoms with Crippen molar-refractivity contribution in [2.75, 3.05) is 7.11 Å². The van der Waals surface area contributed by atoms with Gasteiger partial charge in [-0.05, 0) is 47.7 Å². The Morgan fingerprint density at radius 1 is 1.00 bits per heavy atom. The Labute approximate surface area is 159 Å². The average Bonchev–Trinajstić information content (AvgIpc) is 2.58. The molecule has 27 heavy (non-hydrogen) atoms. The highest BCUT2D eigenvalue weighted by Crippen LogP contribution is 2.43. The number of carbonyl (C=O) groups excluding carboxylic acids is 2. The van der Waals surface area contributed by atoms with Gasteiger partial charge in [0.1, 0.15) is 11.5 Å². The molecule has 0 aromatic heterocycles. The van der Waals surface area contributed by atoms with Crippen molar-refractivity contribution < 1.29 is 19.1 Å². The van der Waals surface area contributed by atoms with Gasteiger partial charge in [-0.3, -0.25) is 4.79 Å². The van der Waals surface area contributed by atoms with Crippen LogP contribution in [0, 0.1) is 6.92 Å². The van der Waals surface area contributed by atoms with Crippen LogP contribution in [0.15, 0.2) is 42.5 Å². The molecule has 0 amide bonds. The third kappa shape index (κ3) is 3.65. The van der Waals surface area contributed by atoms with Gasteiger partial charge in [-0.1, -0.05) is 44.2 Å². The maximum atomic E-state index is 12.0. The molecule has 0 saturated heterocycles. The first-order valence-electron chi connectivity index (χ1n) is 8.95. The number of Topliss-reactive ketones (excluding diaryl/α,β-unsaturated/α-hetero) is 1. The number of fused-ring (bicyclic) bond motifs is 2. The van der Waals surface area contributed by atoms with E-state index in [0.29, 0.717) is 12.2 Å². The third-order valence-corrected chi connectivity index (χ3v) is 4.88. The van der Waals surface area contributed by atoms with E-state index >= 15 is 0 Å². The minimum Gasteiger partial charge on any atom is -0.437 e. The monoisotopic (exact) mass is 364 g/mol. The SMILES string of the molecule is COC(=O)Oc1c(C(C)(C)CC(C)=O)c(C)cc2cc3ccccc3cc12. The summed E-state index contributed by atoms with van der Waals surface area (Å²) in [7, 11) is 1.29. The molecule has 0 saturated carbocycles. The first-order valence-corrected chi connectivity index (χ1v) is 8.95. The standard InChI is InChI=1S/C23H24O4/c1-14-10-18-11-16-8-6-7-9-17(16)12-19(18)21(27-22(25)26-5)20(14)23(3,4)13-15(2)24/h6-12H,13H2,1-5H3. The van der Waals surface area contributed by atoms with E-state index in [1.807, 2.05) is 45.0 Å². The van der Waals surface area contributed by atoms with Crippen LogP contribution in [0.1, 0.15) is 38.3 Å². The number of benzene rings is 3. The smallest absolute Gasteiger partial charge is 0.437 e. The number of hydrogen-bond donors (Lipinski definition) is 0. The van der Waals surface area contributed by atoms with Crippen LogP contribution in [-0.4, -0.2) is 19.0 Å². The summed E-state index contributed by atoms with van der Waals surface area (Å²) in [6, 6.07) is 14.2. The molecule has 0 unspecified atom stereocenters. The van der Waals surface area contributed by atoms with Gasteiger partial charge in [-0.25, -0.2) is 4.79 Å². The molecule has 140 valence electrons. The molecule has 4 heteroatoms. The second-order valence-corrected chi connectivity index (χ2v) is 7.64. The number of ketones is 1. The highest BCUT2D eigenvalue weighted by atomic mass is 16.7. The molecule has 3 aromatic carbocycles. The van der Waals surface area contributed by atoms with E-state index in [-0.39, 0.29) is 5.78 Å². The maximum Gasteiger partial charge on any atom is 0.513 e. The zero-order valence-corrected chi connectivity index (χ0v) is 16.4. The lowest BCUT2D eigenvalue weighted by Crippen LogP contribution is -2.24. The van der Waals surface area contributed by atoms with Gasteiger partial charge in [-0.2, -0.15) is 0 Å². The van der Waals surface area contributed by atoms with Crippen molar-refractivity contribution in [1.82, 2.24) is 0 Å². The van der Waals surface area contributed by atoms with Crippen molar-refractivity contribution in [2.24, 2.45) is 0 Å². The average molecular weight is 364 g/mol. The van der Waals surface area contributed by atoms with Crippen LogP contribution in [0.4, 0.5) is 4.79 Å². The quantitative estimate of drug-likeness (QED) is 0.338. The Bertz CT molecular complexity index is 1050. The number of ether oxygens (including phenoxy) is 2. The Morgan fingerprint density at radius 3 is 2.22 bits per heavy atom. The fraction of sp³-hybridized carbons (Fsp3) is 0.304. The molecule has 0 fully saturated rings. The van der Waals surface area contributed by atoms with Crippen molar-refractivity contribution in [3.63, 3.8) is 0 Å². The van der Waals surface area contributed by atoms with Gasteiger partial charge in [-0.15, -0.1) is 0 Å². The first-order chi connectivity index (χ1) is 12.7. The van der Waals surface area contributed by atoms with Gasteiger partial charge in [0.05, 0.1) is 7.11 Å². The fourth-order valence-electron chi connectivity index (χ4n) is 3.98. The maximum absolute atomic E-state index is 12.0. The van der Waals surface area contributed by atoms with Gasteiger partial charge < -0.3 is 9.47 Å². The van der Waals surface area contributed by atoms with E-state index in [4.69, 9.17) is 9.47 Å². The molecule has 0 aliphatic carbocycles. The topological polar surface area (TPSA) is 52.6 Å². The predicted molar refractivity (Wildman–Crippen MR) is 108 cm³/mol. The summed E-state index contributed by atoms with van der Waals surface area (Å²) in [5.74, 6) is 0.552. The Balaban J connectivity index is 2.37. The molecule has 0 aliphatic rings. The van der Waals surface area contributed by atoms with Gasteiger partial charge in [0, 0.05) is 22.8 Å². The molecule has 0 N–H and O–H groups in total. The fourth-order valence-corrected chi connectivity index (χ4v) is 3.98. The van der Waals surface area contributed by atoms with E-state index in [1.165, 1.54) is 7.11 Å². The number of hydrogen-bond acceptors (Lipinski definition) is 4. The summed E-state index contributed by atoms with van der Waals surface area (Å²) >= 11 is 0. The molecule has 0 radical (unpaired) electrons. The number of methoxy groups -OCH3 is 1. The van der Waals surface area contributed by atoms with Crippen molar-refractivity contribution in [1.29, 1.82) is 0 Å². The zero-order chi connectivity index (χ0) is 19.8. The van der Waals surface area contributed by atoms with E-state index in [1.54, 1.807) is 6.92 Å². The zero-order valence-electron chi connectivity index (χ0n) is 16.4. The van der Waals surface area contributed by atoms with Crippen molar-refractivity contribution in [3.8, 4) is 5.75 Å². The first kappa shape index (κ1) is 18.9. The number of rotatable bonds is 4. The van der Waals surface area contributed by atoms with E-state index < -0.39 is 11.6 Å². The second kappa shape index (κ2) is 7.03. The molecule has 0 atom stereocenters. The highest BCUT2D eigenvalue weighted by Gasteiger charge is 2.30. The summed E-state index contributed by atoms with van der Waals surface area (Å²) in [5, 5.41) is 3.98. The lowest BCUT2D eigenvalue weighted by Gasteiger charge is -2.29. The number of aryl methyl sites for hydroxylation is 1. The van der Waals surface area contributed by atoms with Crippen LogP contribution < -0.4 is 4.74 Å². The van der Waals surface area contributed by atoms with Gasteiger partial charge in [0.15, 0.2) is 0 Å². The van der Waals surface area contributed by atoms with Crippen LogP contribution in [0.2, 0.25) is 0 Å². The summed E-state index contributed by atoms with van der Waals surface area (Å²) in [6.45, 7) is 7.55. The number of carbonyl (C=O) groups is 2. The molecular weight excluding hydrogens is 340 g/mol. The van der Waals surface area contributed by atoms with Gasteiger partial charge in [0.2, 0.25) is 0 Å². The third-order valence-electron chi connectivity index (χ3n) is 4.88. The molecule has 3 rings (SSSR count). The molecule has 4 nitrogen and oxygen atoms in total. The van der Waals surface area contributed by atoms with Crippen LogP contribution in [0.25, 0.3) is 21.5 Å². The Morgan fingerprint density at radius 2 is 1.63 bits per heavy atom. The molecule has 0 aliphatic heterocycles. The molecule has 0 spiro atoms. The molecule has 3 aromatic rings. The summed E-state index contributed by atoms with van der Waals surface area (Å²) in [5.41, 5.74) is 1.34. The highest BCUT2D eigenvalue weighted by molar-refractivity contribution is 6.02. The van der Waals surface area contributed by atoms with Crippen molar-refractivity contribution in [3.05, 3.63) is 53.6 Å². The minimum atomic E-state index is -0.769. The van der Waals surface area contributed by atoms with Crippen molar-refractivity contribution in [2.45, 2.75) is 39.5 Å². The van der Waals surface area contributed by atoms with Crippen LogP contribution in [-0.2, 0) is 14.9 Å². The van der Waals surface area contributed by atoms with E-state index in [0.717, 1.165) is 32.7 Å².